The third-order valence-electron chi connectivity index (χ3n) is 5.32. The van der Waals surface area contributed by atoms with E-state index in [1.165, 1.54) is 0 Å². The maximum absolute atomic E-state index is 10.5. The Labute approximate surface area is 183 Å². The number of quaternary nitrogens is 1. The Morgan fingerprint density at radius 1 is 0.900 bits per heavy atom. The fourth-order valence-electron chi connectivity index (χ4n) is 3.80. The van der Waals surface area contributed by atoms with Crippen LogP contribution in [0.3, 0.4) is 0 Å². The zero-order valence-electron chi connectivity index (χ0n) is 15.8. The van der Waals surface area contributed by atoms with E-state index in [0.717, 1.165) is 33.9 Å². The zero-order chi connectivity index (χ0) is 20.7. The van der Waals surface area contributed by atoms with Gasteiger partial charge in [-0.1, -0.05) is 23.2 Å². The van der Waals surface area contributed by atoms with E-state index < -0.39 is 0 Å². The normalized spacial score (nSPS) is 19.9. The Bertz CT molecular complexity index is 1130. The third kappa shape index (κ3) is 3.67. The molecule has 0 aromatic heterocycles. The number of phenols is 1. The minimum atomic E-state index is -0.147. The first-order valence-corrected chi connectivity index (χ1v) is 10.3. The number of fused-ring (bicyclic) bond motifs is 1. The molecule has 2 heterocycles. The lowest BCUT2D eigenvalue weighted by molar-refractivity contribution is -0.731. The molecule has 0 saturated carbocycles. The molecule has 2 atom stereocenters. The van der Waals surface area contributed by atoms with Crippen LogP contribution in [0.2, 0.25) is 10.0 Å². The van der Waals surface area contributed by atoms with Crippen LogP contribution < -0.4 is 20.1 Å². The largest absolute Gasteiger partial charge is 0.507 e. The predicted octanol–water partition coefficient (Wildman–Crippen LogP) is 4.38. The van der Waals surface area contributed by atoms with Crippen LogP contribution in [0.1, 0.15) is 28.9 Å². The second kappa shape index (κ2) is 7.76. The number of hydrogen-bond donors (Lipinski definition) is 3. The van der Waals surface area contributed by atoms with Crippen molar-refractivity contribution < 1.29 is 19.9 Å². The fourth-order valence-corrected chi connectivity index (χ4v) is 4.11. The number of rotatable bonds is 3. The molecular weight excluding hydrogens is 423 g/mol. The molecule has 2 aliphatic rings. The van der Waals surface area contributed by atoms with Crippen molar-refractivity contribution in [1.82, 2.24) is 5.32 Å². The molecule has 7 heteroatoms. The molecule has 3 aromatic carbocycles. The van der Waals surface area contributed by atoms with Crippen molar-refractivity contribution in [1.29, 1.82) is 0 Å². The number of hydrogen-bond acceptors (Lipinski definition) is 4. The van der Waals surface area contributed by atoms with Crippen LogP contribution in [-0.2, 0) is 0 Å². The Balaban J connectivity index is 1.57. The van der Waals surface area contributed by atoms with Crippen LogP contribution in [0.5, 0.6) is 17.2 Å². The highest BCUT2D eigenvalue weighted by Gasteiger charge is 2.30. The van der Waals surface area contributed by atoms with Crippen LogP contribution in [0.15, 0.2) is 66.7 Å². The van der Waals surface area contributed by atoms with Gasteiger partial charge in [-0.25, -0.2) is 0 Å². The quantitative estimate of drug-likeness (QED) is 0.564. The second-order valence-corrected chi connectivity index (χ2v) is 8.12. The molecule has 0 amide bonds. The van der Waals surface area contributed by atoms with E-state index in [1.807, 2.05) is 42.5 Å². The molecule has 2 aliphatic heterocycles. The third-order valence-corrected chi connectivity index (χ3v) is 5.81. The summed E-state index contributed by atoms with van der Waals surface area (Å²) < 4.78 is 11.0. The number of nitrogens with one attached hydrogen (secondary N) is 1. The first-order chi connectivity index (χ1) is 14.6. The number of phenolic OH excluding ortho intramolecular Hbond substituents is 1. The summed E-state index contributed by atoms with van der Waals surface area (Å²) in [7, 11) is 0. The Morgan fingerprint density at radius 3 is 2.50 bits per heavy atom. The van der Waals surface area contributed by atoms with Crippen LogP contribution in [0.25, 0.3) is 5.70 Å². The molecule has 0 spiro atoms. The monoisotopic (exact) mass is 441 g/mol. The number of nitrogens with two attached hydrogens (primary N) is 1. The van der Waals surface area contributed by atoms with Gasteiger partial charge >= 0.3 is 0 Å². The molecule has 2 unspecified atom stereocenters. The minimum absolute atomic E-state index is 0.0870. The molecular formula is C23H19Cl2N2O3+. The Morgan fingerprint density at radius 2 is 1.67 bits per heavy atom. The van der Waals surface area contributed by atoms with Gasteiger partial charge in [0.2, 0.25) is 6.79 Å². The van der Waals surface area contributed by atoms with E-state index in [9.17, 15) is 5.11 Å². The van der Waals surface area contributed by atoms with Crippen molar-refractivity contribution in [2.45, 2.75) is 12.2 Å². The molecule has 3 aromatic rings. The van der Waals surface area contributed by atoms with Gasteiger partial charge in [0.1, 0.15) is 11.8 Å². The molecule has 152 valence electrons. The topological polar surface area (TPSA) is 67.3 Å². The summed E-state index contributed by atoms with van der Waals surface area (Å²) in [4.78, 5) is 0. The second-order valence-electron chi connectivity index (χ2n) is 7.24. The summed E-state index contributed by atoms with van der Waals surface area (Å²) in [5, 5.41) is 17.5. The first-order valence-electron chi connectivity index (χ1n) is 9.54. The molecule has 0 bridgehead atoms. The van der Waals surface area contributed by atoms with E-state index in [1.54, 1.807) is 18.2 Å². The van der Waals surface area contributed by atoms with E-state index in [-0.39, 0.29) is 24.8 Å². The van der Waals surface area contributed by atoms with Gasteiger partial charge < -0.3 is 25.2 Å². The number of aromatic hydroxyl groups is 1. The lowest BCUT2D eigenvalue weighted by Gasteiger charge is -2.30. The van der Waals surface area contributed by atoms with Gasteiger partial charge in [-0.05, 0) is 60.7 Å². The van der Waals surface area contributed by atoms with Gasteiger partial charge in [0.15, 0.2) is 17.7 Å². The van der Waals surface area contributed by atoms with Gasteiger partial charge in [0.25, 0.3) is 0 Å². The lowest BCUT2D eigenvalue weighted by atomic mass is 9.97. The zero-order valence-corrected chi connectivity index (χ0v) is 17.3. The average molecular weight is 442 g/mol. The maximum atomic E-state index is 10.5. The molecule has 0 aliphatic carbocycles. The summed E-state index contributed by atoms with van der Waals surface area (Å²) in [6.45, 7) is 0.228. The molecule has 30 heavy (non-hydrogen) atoms. The summed E-state index contributed by atoms with van der Waals surface area (Å²) in [6, 6.07) is 18.5. The Hall–Kier alpha value is -2.86. The van der Waals surface area contributed by atoms with E-state index in [4.69, 9.17) is 32.7 Å². The predicted molar refractivity (Wildman–Crippen MR) is 116 cm³/mol. The van der Waals surface area contributed by atoms with Crippen molar-refractivity contribution in [2.75, 3.05) is 6.79 Å². The molecule has 0 saturated heterocycles. The fraction of sp³-hybridized carbons (Fsp3) is 0.130. The van der Waals surface area contributed by atoms with Crippen LogP contribution in [0, 0.1) is 0 Å². The highest BCUT2D eigenvalue weighted by molar-refractivity contribution is 6.30. The van der Waals surface area contributed by atoms with Gasteiger partial charge in [-0.3, -0.25) is 0 Å². The molecule has 5 nitrogen and oxygen atoms in total. The van der Waals surface area contributed by atoms with Crippen LogP contribution in [-0.4, -0.2) is 11.9 Å². The maximum Gasteiger partial charge on any atom is 0.231 e. The lowest BCUT2D eigenvalue weighted by Crippen LogP contribution is -2.89. The smallest absolute Gasteiger partial charge is 0.231 e. The van der Waals surface area contributed by atoms with Crippen molar-refractivity contribution >= 4 is 28.9 Å². The summed E-state index contributed by atoms with van der Waals surface area (Å²) in [6.07, 6.45) is 1.99. The summed E-state index contributed by atoms with van der Waals surface area (Å²) in [5.74, 6) is 1.66. The molecule has 5 rings (SSSR count). The highest BCUT2D eigenvalue weighted by atomic mass is 35.5. The van der Waals surface area contributed by atoms with Crippen molar-refractivity contribution in [3.05, 3.63) is 93.5 Å². The van der Waals surface area contributed by atoms with Crippen LogP contribution in [0.4, 0.5) is 0 Å². The van der Waals surface area contributed by atoms with E-state index >= 15 is 0 Å². The Kier molecular flexibility index (Phi) is 4.95. The summed E-state index contributed by atoms with van der Waals surface area (Å²) in [5.41, 5.74) is 3.72. The number of halogens is 2. The standard InChI is InChI=1S/C23H18Cl2N2O3/c24-15-4-1-13(2-5-15)23-26-18(14-3-8-21-22(9-14)30-12-29-21)11-19(27-23)17-10-16(25)6-7-20(17)28/h1-11,19,23,26-28H,12H2/p+1. The van der Waals surface area contributed by atoms with Gasteiger partial charge in [-0.15, -0.1) is 0 Å². The first kappa shape index (κ1) is 19.1. The van der Waals surface area contributed by atoms with E-state index in [2.05, 4.69) is 16.7 Å². The SMILES string of the molecule is Oc1ccc(Cl)cc1C1C=C(c2ccc3c(c2)OCO3)NC(c2ccc(Cl)cc2)[NH2+]1. The number of ether oxygens (including phenoxy) is 2. The van der Waals surface area contributed by atoms with Crippen molar-refractivity contribution in [3.63, 3.8) is 0 Å². The summed E-state index contributed by atoms with van der Waals surface area (Å²) >= 11 is 12.3. The van der Waals surface area contributed by atoms with Gasteiger partial charge in [0, 0.05) is 32.9 Å². The molecule has 0 fully saturated rings. The minimum Gasteiger partial charge on any atom is -0.507 e. The highest BCUT2D eigenvalue weighted by Crippen LogP contribution is 2.36. The van der Waals surface area contributed by atoms with Gasteiger partial charge in [-0.2, -0.15) is 0 Å². The van der Waals surface area contributed by atoms with Crippen molar-refractivity contribution in [3.8, 4) is 17.2 Å². The van der Waals surface area contributed by atoms with Crippen LogP contribution >= 0.6 is 23.2 Å². The average Bonchev–Trinajstić information content (AvgIpc) is 3.23. The van der Waals surface area contributed by atoms with Gasteiger partial charge in [0.05, 0.1) is 5.56 Å². The number of benzene rings is 3. The van der Waals surface area contributed by atoms with E-state index in [0.29, 0.717) is 10.0 Å². The molecule has 0 radical (unpaired) electrons. The van der Waals surface area contributed by atoms with Crippen molar-refractivity contribution in [2.24, 2.45) is 0 Å². The molecule has 4 N–H and O–H groups in total.